The molecule has 3 rings (SSSR count). The Hall–Kier alpha value is -1.91. The highest BCUT2D eigenvalue weighted by Crippen LogP contribution is 2.25. The third-order valence-corrected chi connectivity index (χ3v) is 5.96. The Morgan fingerprint density at radius 2 is 1.82 bits per heavy atom. The van der Waals surface area contributed by atoms with Crippen molar-refractivity contribution in [3.63, 3.8) is 0 Å². The molecule has 0 spiro atoms. The van der Waals surface area contributed by atoms with Crippen molar-refractivity contribution >= 4 is 5.91 Å². The Bertz CT molecular complexity index is 700. The standard InChI is InChI=1S/C24H35N3O/c1-4-23(28)27(22-13-9-6-10-14-22)20-24(2,3)26-17-15-25(16-18-26)19-21-11-7-5-8-12-21/h5-9,11-13H,4,10,14-20H2,1-3H3. The van der Waals surface area contributed by atoms with Gasteiger partial charge in [-0.3, -0.25) is 14.6 Å². The number of hydrogen-bond acceptors (Lipinski definition) is 3. The van der Waals surface area contributed by atoms with E-state index in [0.717, 1.165) is 52.1 Å². The fourth-order valence-corrected chi connectivity index (χ4v) is 4.20. The summed E-state index contributed by atoms with van der Waals surface area (Å²) in [4.78, 5) is 19.8. The zero-order valence-corrected chi connectivity index (χ0v) is 17.7. The van der Waals surface area contributed by atoms with E-state index < -0.39 is 0 Å². The maximum absolute atomic E-state index is 12.7. The van der Waals surface area contributed by atoms with E-state index in [1.165, 1.54) is 11.3 Å². The van der Waals surface area contributed by atoms with Gasteiger partial charge in [-0.15, -0.1) is 0 Å². The van der Waals surface area contributed by atoms with Crippen LogP contribution in [0, 0.1) is 0 Å². The molecule has 4 heteroatoms. The van der Waals surface area contributed by atoms with Crippen molar-refractivity contribution < 1.29 is 4.79 Å². The fourth-order valence-electron chi connectivity index (χ4n) is 4.20. The van der Waals surface area contributed by atoms with E-state index in [-0.39, 0.29) is 11.4 Å². The molecule has 1 heterocycles. The molecule has 1 aromatic rings. The van der Waals surface area contributed by atoms with Gasteiger partial charge in [-0.25, -0.2) is 0 Å². The normalized spacial score (nSPS) is 18.8. The monoisotopic (exact) mass is 381 g/mol. The van der Waals surface area contributed by atoms with Gasteiger partial charge in [0.1, 0.15) is 0 Å². The smallest absolute Gasteiger partial charge is 0.226 e. The molecular weight excluding hydrogens is 346 g/mol. The van der Waals surface area contributed by atoms with Crippen LogP contribution in [0.2, 0.25) is 0 Å². The summed E-state index contributed by atoms with van der Waals surface area (Å²) in [6.07, 6.45) is 8.92. The first-order valence-corrected chi connectivity index (χ1v) is 10.7. The second-order valence-electron chi connectivity index (χ2n) is 8.52. The SMILES string of the molecule is CCC(=O)N(CC(C)(C)N1CCN(Cc2ccccc2)CC1)C1=CC=CCC1. The van der Waals surface area contributed by atoms with E-state index >= 15 is 0 Å². The molecule has 0 saturated carbocycles. The molecule has 0 radical (unpaired) electrons. The number of piperazine rings is 1. The molecule has 0 unspecified atom stereocenters. The first-order chi connectivity index (χ1) is 13.5. The van der Waals surface area contributed by atoms with Crippen LogP contribution in [0.15, 0.2) is 54.3 Å². The number of carbonyl (C=O) groups excluding carboxylic acids is 1. The minimum absolute atomic E-state index is 0.0360. The highest BCUT2D eigenvalue weighted by Gasteiger charge is 2.33. The van der Waals surface area contributed by atoms with Gasteiger partial charge in [0, 0.05) is 56.9 Å². The van der Waals surface area contributed by atoms with Crippen LogP contribution < -0.4 is 0 Å². The number of rotatable bonds is 7. The van der Waals surface area contributed by atoms with E-state index in [2.05, 4.69) is 72.2 Å². The highest BCUT2D eigenvalue weighted by atomic mass is 16.2. The lowest BCUT2D eigenvalue weighted by Crippen LogP contribution is -2.58. The molecule has 2 aliphatic rings. The first-order valence-electron chi connectivity index (χ1n) is 10.7. The van der Waals surface area contributed by atoms with E-state index in [9.17, 15) is 4.79 Å². The van der Waals surface area contributed by atoms with E-state index in [0.29, 0.717) is 6.42 Å². The van der Waals surface area contributed by atoms with Crippen molar-refractivity contribution in [2.24, 2.45) is 0 Å². The topological polar surface area (TPSA) is 26.8 Å². The average Bonchev–Trinajstić information content (AvgIpc) is 2.73. The van der Waals surface area contributed by atoms with Gasteiger partial charge in [-0.1, -0.05) is 49.4 Å². The van der Waals surface area contributed by atoms with Gasteiger partial charge in [0.05, 0.1) is 0 Å². The molecule has 0 atom stereocenters. The number of carbonyl (C=O) groups is 1. The summed E-state index contributed by atoms with van der Waals surface area (Å²) in [7, 11) is 0. The number of hydrogen-bond donors (Lipinski definition) is 0. The van der Waals surface area contributed by atoms with Crippen molar-refractivity contribution in [2.75, 3.05) is 32.7 Å². The number of allylic oxidation sites excluding steroid dienone is 4. The largest absolute Gasteiger partial charge is 0.314 e. The molecule has 152 valence electrons. The van der Waals surface area contributed by atoms with E-state index in [1.54, 1.807) is 0 Å². The van der Waals surface area contributed by atoms with Crippen molar-refractivity contribution in [3.8, 4) is 0 Å². The maximum atomic E-state index is 12.7. The van der Waals surface area contributed by atoms with Gasteiger partial charge in [-0.2, -0.15) is 0 Å². The summed E-state index contributed by atoms with van der Waals surface area (Å²) in [5.74, 6) is 0.234. The third-order valence-electron chi connectivity index (χ3n) is 5.96. The summed E-state index contributed by atoms with van der Waals surface area (Å²) in [5, 5.41) is 0. The van der Waals surface area contributed by atoms with Crippen LogP contribution in [0.3, 0.4) is 0 Å². The van der Waals surface area contributed by atoms with E-state index in [4.69, 9.17) is 0 Å². The molecule has 0 bridgehead atoms. The Balaban J connectivity index is 1.59. The van der Waals surface area contributed by atoms with Crippen molar-refractivity contribution in [1.82, 2.24) is 14.7 Å². The second kappa shape index (κ2) is 9.53. The number of nitrogens with zero attached hydrogens (tertiary/aromatic N) is 3. The summed E-state index contributed by atoms with van der Waals surface area (Å²) in [6.45, 7) is 12.6. The van der Waals surface area contributed by atoms with Crippen LogP contribution in [-0.2, 0) is 11.3 Å². The minimum Gasteiger partial charge on any atom is -0.314 e. The van der Waals surface area contributed by atoms with Crippen LogP contribution in [0.25, 0.3) is 0 Å². The molecule has 4 nitrogen and oxygen atoms in total. The van der Waals surface area contributed by atoms with Crippen LogP contribution in [0.1, 0.15) is 45.6 Å². The predicted octanol–water partition coefficient (Wildman–Crippen LogP) is 4.06. The lowest BCUT2D eigenvalue weighted by molar-refractivity contribution is -0.131. The first kappa shape index (κ1) is 20.8. The fraction of sp³-hybridized carbons (Fsp3) is 0.542. The third kappa shape index (κ3) is 5.33. The number of benzene rings is 1. The molecule has 1 aromatic carbocycles. The molecule has 1 fully saturated rings. The van der Waals surface area contributed by atoms with Crippen LogP contribution >= 0.6 is 0 Å². The Morgan fingerprint density at radius 1 is 1.11 bits per heavy atom. The lowest BCUT2D eigenvalue weighted by Gasteiger charge is -2.46. The van der Waals surface area contributed by atoms with Gasteiger partial charge in [0.25, 0.3) is 0 Å². The van der Waals surface area contributed by atoms with Crippen molar-refractivity contribution in [2.45, 2.75) is 52.1 Å². The van der Waals surface area contributed by atoms with Crippen molar-refractivity contribution in [1.29, 1.82) is 0 Å². The van der Waals surface area contributed by atoms with Crippen LogP contribution in [0.4, 0.5) is 0 Å². The molecule has 0 aromatic heterocycles. The zero-order chi connectivity index (χ0) is 20.0. The van der Waals surface area contributed by atoms with Gasteiger partial charge in [0.15, 0.2) is 0 Å². The summed E-state index contributed by atoms with van der Waals surface area (Å²) < 4.78 is 0. The lowest BCUT2D eigenvalue weighted by atomic mass is 9.98. The number of amides is 1. The summed E-state index contributed by atoms with van der Waals surface area (Å²) >= 11 is 0. The second-order valence-corrected chi connectivity index (χ2v) is 8.52. The molecule has 1 saturated heterocycles. The van der Waals surface area contributed by atoms with Crippen molar-refractivity contribution in [3.05, 3.63) is 59.8 Å². The predicted molar refractivity (Wildman–Crippen MR) is 116 cm³/mol. The van der Waals surface area contributed by atoms with Crippen LogP contribution in [0.5, 0.6) is 0 Å². The molecule has 1 amide bonds. The molecule has 1 aliphatic heterocycles. The highest BCUT2D eigenvalue weighted by molar-refractivity contribution is 5.78. The van der Waals surface area contributed by atoms with E-state index in [1.807, 2.05) is 11.8 Å². The Labute approximate surface area is 170 Å². The quantitative estimate of drug-likeness (QED) is 0.713. The molecule has 0 N–H and O–H groups in total. The average molecular weight is 382 g/mol. The van der Waals surface area contributed by atoms with Gasteiger partial charge in [-0.05, 0) is 38.3 Å². The van der Waals surface area contributed by atoms with Gasteiger partial charge in [0.2, 0.25) is 5.91 Å². The van der Waals surface area contributed by atoms with Crippen LogP contribution in [-0.4, -0.2) is 58.9 Å². The Kier molecular flexibility index (Phi) is 7.08. The zero-order valence-electron chi connectivity index (χ0n) is 17.7. The van der Waals surface area contributed by atoms with Gasteiger partial charge >= 0.3 is 0 Å². The van der Waals surface area contributed by atoms with Gasteiger partial charge < -0.3 is 4.90 Å². The summed E-state index contributed by atoms with van der Waals surface area (Å²) in [6, 6.07) is 10.7. The molecule has 1 aliphatic carbocycles. The maximum Gasteiger partial charge on any atom is 0.226 e. The minimum atomic E-state index is -0.0360. The molecule has 28 heavy (non-hydrogen) atoms. The summed E-state index contributed by atoms with van der Waals surface area (Å²) in [5.41, 5.74) is 2.52. The molecular formula is C24H35N3O. The Morgan fingerprint density at radius 3 is 2.43 bits per heavy atom.